The molecule has 4 N–H and O–H groups in total. The summed E-state index contributed by atoms with van der Waals surface area (Å²) in [7, 11) is 0. The number of hydrogen-bond acceptors (Lipinski definition) is 3. The molecule has 1 unspecified atom stereocenters. The maximum Gasteiger partial charge on any atom is 0.269 e. The Hall–Kier alpha value is -1.92. The second-order valence-electron chi connectivity index (χ2n) is 5.33. The molecule has 1 aliphatic rings. The van der Waals surface area contributed by atoms with Crippen molar-refractivity contribution in [2.24, 2.45) is 11.7 Å². The van der Waals surface area contributed by atoms with Gasteiger partial charge in [0.1, 0.15) is 11.5 Å². The Bertz CT molecular complexity index is 639. The van der Waals surface area contributed by atoms with Gasteiger partial charge in [-0.1, -0.05) is 0 Å². The molecular weight excluding hydrogens is 307 g/mol. The second kappa shape index (κ2) is 6.89. The van der Waals surface area contributed by atoms with Crippen LogP contribution in [-0.2, 0) is 0 Å². The minimum Gasteiger partial charge on any atom is -0.346 e. The number of nitrogens with zero attached hydrogens (tertiary/aromatic N) is 1. The third-order valence-electron chi connectivity index (χ3n) is 3.72. The van der Waals surface area contributed by atoms with E-state index in [2.05, 4.69) is 15.5 Å². The molecule has 1 atom stereocenters. The number of carbonyl (C=O) groups is 1. The zero-order valence-electron chi connectivity index (χ0n) is 11.9. The van der Waals surface area contributed by atoms with Crippen molar-refractivity contribution in [2.45, 2.75) is 18.9 Å². The molecule has 118 valence electrons. The average molecular weight is 325 g/mol. The van der Waals surface area contributed by atoms with Gasteiger partial charge in [-0.2, -0.15) is 5.10 Å². The molecule has 0 spiro atoms. The molecule has 1 aromatic carbocycles. The molecule has 1 fully saturated rings. The van der Waals surface area contributed by atoms with Crippen molar-refractivity contribution < 1.29 is 9.18 Å². The number of rotatable bonds is 5. The zero-order chi connectivity index (χ0) is 14.8. The van der Waals surface area contributed by atoms with Crippen molar-refractivity contribution in [2.75, 3.05) is 6.54 Å². The van der Waals surface area contributed by atoms with Crippen LogP contribution in [0.1, 0.15) is 23.3 Å². The summed E-state index contributed by atoms with van der Waals surface area (Å²) in [6.45, 7) is 0.440. The van der Waals surface area contributed by atoms with Crippen molar-refractivity contribution in [1.82, 2.24) is 15.5 Å². The van der Waals surface area contributed by atoms with Crippen LogP contribution in [0.2, 0.25) is 0 Å². The Morgan fingerprint density at radius 3 is 2.68 bits per heavy atom. The highest BCUT2D eigenvalue weighted by molar-refractivity contribution is 5.93. The van der Waals surface area contributed by atoms with E-state index in [1.54, 1.807) is 18.2 Å². The number of aromatic amines is 1. The molecule has 1 aliphatic carbocycles. The van der Waals surface area contributed by atoms with E-state index >= 15 is 0 Å². The molecule has 3 rings (SSSR count). The van der Waals surface area contributed by atoms with E-state index < -0.39 is 0 Å². The first-order valence-electron chi connectivity index (χ1n) is 6.99. The van der Waals surface area contributed by atoms with Crippen molar-refractivity contribution in [1.29, 1.82) is 0 Å². The molecule has 1 heterocycles. The molecule has 1 saturated carbocycles. The fourth-order valence-corrected chi connectivity index (χ4v) is 2.32. The predicted molar refractivity (Wildman–Crippen MR) is 84.3 cm³/mol. The Morgan fingerprint density at radius 1 is 1.41 bits per heavy atom. The number of aromatic nitrogens is 2. The molecule has 7 heteroatoms. The standard InChI is InChI=1S/C15H17FN4O.ClH/c16-11-5-3-9(4-6-11)12-7-13(20-19-12)15(21)18-14(8-17)10-1-2-10;/h3-7,10,14H,1-2,8,17H2,(H,18,21)(H,19,20);1H. The van der Waals surface area contributed by atoms with Crippen LogP contribution < -0.4 is 11.1 Å². The first-order valence-corrected chi connectivity index (χ1v) is 6.99. The number of hydrogen-bond donors (Lipinski definition) is 3. The van der Waals surface area contributed by atoms with Gasteiger partial charge in [0, 0.05) is 18.2 Å². The topological polar surface area (TPSA) is 83.8 Å². The summed E-state index contributed by atoms with van der Waals surface area (Å²) in [4.78, 5) is 12.1. The van der Waals surface area contributed by atoms with Crippen molar-refractivity contribution >= 4 is 18.3 Å². The second-order valence-corrected chi connectivity index (χ2v) is 5.33. The minimum absolute atomic E-state index is 0. The fraction of sp³-hybridized carbons (Fsp3) is 0.333. The zero-order valence-corrected chi connectivity index (χ0v) is 12.7. The molecule has 1 amide bonds. The van der Waals surface area contributed by atoms with E-state index in [9.17, 15) is 9.18 Å². The smallest absolute Gasteiger partial charge is 0.269 e. The van der Waals surface area contributed by atoms with Gasteiger partial charge < -0.3 is 11.1 Å². The molecule has 0 radical (unpaired) electrons. The summed E-state index contributed by atoms with van der Waals surface area (Å²) in [5.41, 5.74) is 7.42. The number of nitrogens with two attached hydrogens (primary N) is 1. The SMILES string of the molecule is Cl.NCC(NC(=O)c1cc(-c2ccc(F)cc2)n[nH]1)C1CC1. The lowest BCUT2D eigenvalue weighted by Crippen LogP contribution is -2.41. The van der Waals surface area contributed by atoms with Gasteiger partial charge in [0.25, 0.3) is 5.91 Å². The number of carbonyl (C=O) groups excluding carboxylic acids is 1. The Kier molecular flexibility index (Phi) is 5.15. The monoisotopic (exact) mass is 324 g/mol. The Labute approximate surface area is 133 Å². The largest absolute Gasteiger partial charge is 0.346 e. The van der Waals surface area contributed by atoms with Crippen molar-refractivity contribution in [3.05, 3.63) is 41.8 Å². The lowest BCUT2D eigenvalue weighted by molar-refractivity contribution is 0.0928. The van der Waals surface area contributed by atoms with Crippen LogP contribution in [-0.4, -0.2) is 28.7 Å². The molecule has 2 aromatic rings. The van der Waals surface area contributed by atoms with E-state index in [1.165, 1.54) is 12.1 Å². The van der Waals surface area contributed by atoms with Gasteiger partial charge >= 0.3 is 0 Å². The summed E-state index contributed by atoms with van der Waals surface area (Å²) in [6, 6.07) is 7.65. The van der Waals surface area contributed by atoms with Gasteiger partial charge in [-0.05, 0) is 49.1 Å². The van der Waals surface area contributed by atoms with Gasteiger partial charge in [0.15, 0.2) is 0 Å². The fourth-order valence-electron chi connectivity index (χ4n) is 2.32. The van der Waals surface area contributed by atoms with Crippen molar-refractivity contribution in [3.8, 4) is 11.3 Å². The number of halogens is 2. The van der Waals surface area contributed by atoms with E-state index in [-0.39, 0.29) is 30.2 Å². The van der Waals surface area contributed by atoms with Gasteiger partial charge in [-0.15, -0.1) is 12.4 Å². The van der Waals surface area contributed by atoms with Crippen LogP contribution in [0, 0.1) is 11.7 Å². The van der Waals surface area contributed by atoms with Crippen LogP contribution in [0.5, 0.6) is 0 Å². The van der Waals surface area contributed by atoms with Gasteiger partial charge in [-0.25, -0.2) is 4.39 Å². The van der Waals surface area contributed by atoms with Gasteiger partial charge in [0.05, 0.1) is 5.69 Å². The highest BCUT2D eigenvalue weighted by Gasteiger charge is 2.31. The van der Waals surface area contributed by atoms with Gasteiger partial charge in [-0.3, -0.25) is 9.89 Å². The highest BCUT2D eigenvalue weighted by Crippen LogP contribution is 2.32. The van der Waals surface area contributed by atoms with E-state index in [4.69, 9.17) is 5.73 Å². The van der Waals surface area contributed by atoms with Crippen LogP contribution in [0.3, 0.4) is 0 Å². The highest BCUT2D eigenvalue weighted by atomic mass is 35.5. The summed E-state index contributed by atoms with van der Waals surface area (Å²) in [5, 5.41) is 9.73. The van der Waals surface area contributed by atoms with Crippen molar-refractivity contribution in [3.63, 3.8) is 0 Å². The number of benzene rings is 1. The number of H-pyrrole nitrogens is 1. The molecule has 0 aliphatic heterocycles. The molecule has 0 bridgehead atoms. The minimum atomic E-state index is -0.303. The third-order valence-corrected chi connectivity index (χ3v) is 3.72. The molecular formula is C15H18ClFN4O. The van der Waals surface area contributed by atoms with E-state index in [0.29, 0.717) is 23.9 Å². The maximum absolute atomic E-state index is 12.9. The lowest BCUT2D eigenvalue weighted by atomic mass is 10.1. The number of nitrogens with one attached hydrogen (secondary N) is 2. The summed E-state index contributed by atoms with van der Waals surface area (Å²) in [5.74, 6) is -0.0147. The lowest BCUT2D eigenvalue weighted by Gasteiger charge is -2.14. The molecule has 0 saturated heterocycles. The van der Waals surface area contributed by atoms with Crippen LogP contribution in [0.25, 0.3) is 11.3 Å². The Morgan fingerprint density at radius 2 is 2.09 bits per heavy atom. The van der Waals surface area contributed by atoms with E-state index in [0.717, 1.165) is 18.4 Å². The predicted octanol–water partition coefficient (Wildman–Crippen LogP) is 2.10. The van der Waals surface area contributed by atoms with Crippen LogP contribution in [0.15, 0.2) is 30.3 Å². The summed E-state index contributed by atoms with van der Waals surface area (Å²) >= 11 is 0. The quantitative estimate of drug-likeness (QED) is 0.787. The summed E-state index contributed by atoms with van der Waals surface area (Å²) in [6.07, 6.45) is 2.23. The Balaban J connectivity index is 0.00000176. The first-order chi connectivity index (χ1) is 10.2. The average Bonchev–Trinajstić information content (AvgIpc) is 3.21. The number of amides is 1. The molecule has 22 heavy (non-hydrogen) atoms. The first kappa shape index (κ1) is 16.5. The normalized spacial score (nSPS) is 15.0. The molecule has 5 nitrogen and oxygen atoms in total. The molecule has 1 aromatic heterocycles. The van der Waals surface area contributed by atoms with Crippen LogP contribution in [0.4, 0.5) is 4.39 Å². The van der Waals surface area contributed by atoms with Crippen LogP contribution >= 0.6 is 12.4 Å². The maximum atomic E-state index is 12.9. The van der Waals surface area contributed by atoms with Gasteiger partial charge in [0.2, 0.25) is 0 Å². The van der Waals surface area contributed by atoms with E-state index in [1.807, 2.05) is 0 Å². The summed E-state index contributed by atoms with van der Waals surface area (Å²) < 4.78 is 12.9. The third kappa shape index (κ3) is 3.64.